The number of allylic oxidation sites excluding steroid dienone is 1. The molecule has 278 valence electrons. The predicted octanol–water partition coefficient (Wildman–Crippen LogP) is 6.48. The number of likely N-dealkylation sites (tertiary alicyclic amines) is 2. The van der Waals surface area contributed by atoms with Crippen molar-refractivity contribution in [3.63, 3.8) is 0 Å². The van der Waals surface area contributed by atoms with Crippen LogP contribution in [0.4, 0.5) is 11.4 Å². The molecule has 3 aromatic rings. The van der Waals surface area contributed by atoms with Crippen LogP contribution in [0.15, 0.2) is 88.8 Å². The van der Waals surface area contributed by atoms with Gasteiger partial charge in [-0.2, -0.15) is 0 Å². The third kappa shape index (κ3) is 7.90. The molecule has 11 heteroatoms. The Morgan fingerprint density at radius 2 is 1.43 bits per heavy atom. The van der Waals surface area contributed by atoms with Crippen LogP contribution in [-0.2, 0) is 9.53 Å². The fourth-order valence-corrected chi connectivity index (χ4v) is 9.33. The summed E-state index contributed by atoms with van der Waals surface area (Å²) in [6.07, 6.45) is 8.07. The van der Waals surface area contributed by atoms with E-state index in [4.69, 9.17) is 9.47 Å². The minimum atomic E-state index is -0.811. The van der Waals surface area contributed by atoms with Gasteiger partial charge in [0.25, 0.3) is 11.8 Å². The van der Waals surface area contributed by atoms with E-state index < -0.39 is 17.9 Å². The van der Waals surface area contributed by atoms with Crippen LogP contribution in [0.25, 0.3) is 0 Å². The number of nitrogens with zero attached hydrogens (tertiary/aromatic N) is 4. The van der Waals surface area contributed by atoms with Crippen LogP contribution in [0.2, 0.25) is 0 Å². The number of carbonyl (C=O) groups excluding carboxylic acids is 3. The molecule has 5 aliphatic rings. The highest BCUT2D eigenvalue weighted by Crippen LogP contribution is 2.47. The zero-order valence-electron chi connectivity index (χ0n) is 30.3. The smallest absolute Gasteiger partial charge is 0.262 e. The van der Waals surface area contributed by atoms with Crippen molar-refractivity contribution in [2.24, 2.45) is 0 Å². The lowest BCUT2D eigenvalue weighted by Crippen LogP contribution is -2.54. The Morgan fingerprint density at radius 1 is 0.736 bits per heavy atom. The number of para-hydroxylation sites is 2. The van der Waals surface area contributed by atoms with Gasteiger partial charge in [0, 0.05) is 54.8 Å². The van der Waals surface area contributed by atoms with Gasteiger partial charge in [-0.15, -0.1) is 0 Å². The number of unbranched alkanes of at least 4 members (excludes halogenated alkanes) is 2. The van der Waals surface area contributed by atoms with E-state index in [0.29, 0.717) is 54.2 Å². The number of hydrogen-bond acceptors (Lipinski definition) is 9. The molecular formula is C42H49N5O5S. The Hall–Kier alpha value is -4.16. The molecule has 8 rings (SSSR count). The largest absolute Gasteiger partial charge is 0.494 e. The van der Waals surface area contributed by atoms with Crippen LogP contribution in [-0.4, -0.2) is 103 Å². The standard InChI is InChI=1S/C42H49N5O5S/c1-29-14-17-37(40(48)43-29)47-41(49)33-16-15-31(26-34(33)42(47)50)51-25-8-2-7-20-44-23-18-30(19-24-44)52-32-27-45(28-32)21-9-22-46-35-10-3-5-12-38(35)53-39-13-6-4-11-36(39)46/h3-6,10-13,15-16,26,30,32,37H,1-2,7-9,14,17-25,27-28H2,(H,43,48). The normalized spacial score (nSPS) is 20.9. The fraction of sp³-hybridized carbons (Fsp3) is 0.452. The van der Waals surface area contributed by atoms with Gasteiger partial charge in [-0.1, -0.05) is 42.6 Å². The van der Waals surface area contributed by atoms with E-state index in [2.05, 4.69) is 75.1 Å². The summed E-state index contributed by atoms with van der Waals surface area (Å²) in [5, 5.41) is 2.67. The van der Waals surface area contributed by atoms with E-state index in [1.807, 2.05) is 11.8 Å². The molecule has 10 nitrogen and oxygen atoms in total. The van der Waals surface area contributed by atoms with E-state index in [1.54, 1.807) is 18.2 Å². The molecule has 1 unspecified atom stereocenters. The number of hydrogen-bond donors (Lipinski definition) is 1. The average molecular weight is 736 g/mol. The summed E-state index contributed by atoms with van der Waals surface area (Å²) in [6, 6.07) is 21.7. The predicted molar refractivity (Wildman–Crippen MR) is 206 cm³/mol. The molecular weight excluding hydrogens is 687 g/mol. The third-order valence-electron chi connectivity index (χ3n) is 11.1. The SMILES string of the molecule is C=C1CCC(N2C(=O)c3ccc(OCCCCCN4CCC(OC5CN(CCCN6c7ccccc7Sc7ccccc76)C5)CC4)cc3C2=O)C(=O)N1. The van der Waals surface area contributed by atoms with Gasteiger partial charge < -0.3 is 24.6 Å². The number of anilines is 2. The molecule has 0 saturated carbocycles. The molecule has 53 heavy (non-hydrogen) atoms. The van der Waals surface area contributed by atoms with Crippen LogP contribution in [0.1, 0.15) is 72.1 Å². The molecule has 3 saturated heterocycles. The Bertz CT molecular complexity index is 1810. The third-order valence-corrected chi connectivity index (χ3v) is 12.3. The Kier molecular flexibility index (Phi) is 10.9. The summed E-state index contributed by atoms with van der Waals surface area (Å²) < 4.78 is 12.5. The monoisotopic (exact) mass is 735 g/mol. The van der Waals surface area contributed by atoms with Crippen LogP contribution in [0.3, 0.4) is 0 Å². The first-order valence-corrected chi connectivity index (χ1v) is 20.1. The first-order valence-electron chi connectivity index (χ1n) is 19.3. The summed E-state index contributed by atoms with van der Waals surface area (Å²) in [7, 11) is 0. The molecule has 0 aliphatic carbocycles. The van der Waals surface area contributed by atoms with E-state index in [0.717, 1.165) is 89.2 Å². The average Bonchev–Trinajstić information content (AvgIpc) is 3.40. The zero-order chi connectivity index (χ0) is 36.3. The molecule has 3 fully saturated rings. The molecule has 3 amide bonds. The number of rotatable bonds is 14. The molecule has 0 bridgehead atoms. The number of piperidine rings is 2. The number of amides is 3. The van der Waals surface area contributed by atoms with Crippen LogP contribution in [0.5, 0.6) is 5.75 Å². The number of nitrogens with one attached hydrogen (secondary N) is 1. The number of ether oxygens (including phenoxy) is 2. The lowest BCUT2D eigenvalue weighted by atomic mass is 10.0. The first-order chi connectivity index (χ1) is 25.9. The zero-order valence-corrected chi connectivity index (χ0v) is 31.2. The minimum absolute atomic E-state index is 0.299. The Morgan fingerprint density at radius 3 is 2.17 bits per heavy atom. The van der Waals surface area contributed by atoms with E-state index in [-0.39, 0.29) is 5.91 Å². The van der Waals surface area contributed by atoms with Crippen molar-refractivity contribution in [3.05, 3.63) is 90.1 Å². The first kappa shape index (κ1) is 35.8. The molecule has 1 N–H and O–H groups in total. The van der Waals surface area contributed by atoms with Gasteiger partial charge in [0.1, 0.15) is 11.8 Å². The molecule has 5 aliphatic heterocycles. The van der Waals surface area contributed by atoms with Gasteiger partial charge in [-0.25, -0.2) is 0 Å². The maximum absolute atomic E-state index is 13.1. The minimum Gasteiger partial charge on any atom is -0.494 e. The van der Waals surface area contributed by atoms with Crippen molar-refractivity contribution >= 4 is 40.9 Å². The van der Waals surface area contributed by atoms with Gasteiger partial charge in [0.15, 0.2) is 0 Å². The second-order valence-electron chi connectivity index (χ2n) is 14.8. The van der Waals surface area contributed by atoms with Gasteiger partial charge >= 0.3 is 0 Å². The summed E-state index contributed by atoms with van der Waals surface area (Å²) >= 11 is 1.87. The van der Waals surface area contributed by atoms with Crippen molar-refractivity contribution in [1.82, 2.24) is 20.0 Å². The van der Waals surface area contributed by atoms with Crippen molar-refractivity contribution in [1.29, 1.82) is 0 Å². The topological polar surface area (TPSA) is 94.7 Å². The van der Waals surface area contributed by atoms with Crippen LogP contribution in [0, 0.1) is 0 Å². The lowest BCUT2D eigenvalue weighted by molar-refractivity contribution is -0.125. The van der Waals surface area contributed by atoms with Gasteiger partial charge in [0.2, 0.25) is 5.91 Å². The van der Waals surface area contributed by atoms with E-state index in [9.17, 15) is 14.4 Å². The van der Waals surface area contributed by atoms with Gasteiger partial charge in [-0.3, -0.25) is 24.2 Å². The summed E-state index contributed by atoms with van der Waals surface area (Å²) in [5.41, 5.74) is 3.87. The number of imide groups is 1. The van der Waals surface area contributed by atoms with E-state index >= 15 is 0 Å². The maximum atomic E-state index is 13.1. The lowest BCUT2D eigenvalue weighted by Gasteiger charge is -2.42. The van der Waals surface area contributed by atoms with Crippen LogP contribution >= 0.6 is 11.8 Å². The second kappa shape index (κ2) is 16.1. The second-order valence-corrected chi connectivity index (χ2v) is 15.9. The number of benzene rings is 3. The molecule has 0 spiro atoms. The Labute approximate surface area is 316 Å². The van der Waals surface area contributed by atoms with E-state index in [1.165, 1.54) is 21.2 Å². The molecule has 1 atom stereocenters. The molecule has 3 aromatic carbocycles. The summed E-state index contributed by atoms with van der Waals surface area (Å²) in [4.78, 5) is 49.9. The molecule has 5 heterocycles. The molecule has 0 aromatic heterocycles. The number of carbonyl (C=O) groups is 3. The van der Waals surface area contributed by atoms with Gasteiger partial charge in [-0.05, 0) is 100 Å². The highest BCUT2D eigenvalue weighted by Gasteiger charge is 2.44. The highest BCUT2D eigenvalue weighted by molar-refractivity contribution is 7.99. The Balaban J connectivity index is 0.683. The van der Waals surface area contributed by atoms with Crippen molar-refractivity contribution in [2.45, 2.75) is 79.4 Å². The summed E-state index contributed by atoms with van der Waals surface area (Å²) in [5.74, 6) is -0.663. The fourth-order valence-electron chi connectivity index (χ4n) is 8.23. The maximum Gasteiger partial charge on any atom is 0.262 e. The highest BCUT2D eigenvalue weighted by atomic mass is 32.2. The summed E-state index contributed by atoms with van der Waals surface area (Å²) in [6.45, 7) is 11.8. The van der Waals surface area contributed by atoms with Crippen LogP contribution < -0.4 is 15.0 Å². The van der Waals surface area contributed by atoms with Crippen molar-refractivity contribution in [3.8, 4) is 5.75 Å². The van der Waals surface area contributed by atoms with Crippen molar-refractivity contribution in [2.75, 3.05) is 57.3 Å². The molecule has 0 radical (unpaired) electrons. The van der Waals surface area contributed by atoms with Gasteiger partial charge in [0.05, 0.1) is 41.3 Å². The number of fused-ring (bicyclic) bond motifs is 3. The quantitative estimate of drug-likeness (QED) is 0.148. The van der Waals surface area contributed by atoms with Crippen molar-refractivity contribution < 1.29 is 23.9 Å².